The maximum atomic E-state index is 10.7. The lowest BCUT2D eigenvalue weighted by Crippen LogP contribution is -2.39. The molecular formula is C14H19ClN2O2S. The molecule has 1 aliphatic rings. The summed E-state index contributed by atoms with van der Waals surface area (Å²) >= 11 is 8.03. The Balaban J connectivity index is 1.98. The maximum absolute atomic E-state index is 10.7. The van der Waals surface area contributed by atoms with Crippen molar-refractivity contribution >= 4 is 29.1 Å². The Hall–Kier alpha value is -0.780. The number of nitro benzene ring substituents is 1. The van der Waals surface area contributed by atoms with Crippen LogP contribution in [0, 0.1) is 10.1 Å². The Labute approximate surface area is 128 Å². The average molecular weight is 315 g/mol. The molecule has 1 fully saturated rings. The molecule has 2 rings (SSSR count). The summed E-state index contributed by atoms with van der Waals surface area (Å²) in [4.78, 5) is 10.3. The molecule has 6 heteroatoms. The van der Waals surface area contributed by atoms with Gasteiger partial charge in [-0.15, -0.1) is 0 Å². The largest absolute Gasteiger partial charge is 0.309 e. The van der Waals surface area contributed by atoms with Crippen LogP contribution in [0.3, 0.4) is 0 Å². The van der Waals surface area contributed by atoms with Gasteiger partial charge in [-0.3, -0.25) is 10.1 Å². The van der Waals surface area contributed by atoms with Gasteiger partial charge in [0.25, 0.3) is 5.69 Å². The molecule has 4 nitrogen and oxygen atoms in total. The summed E-state index contributed by atoms with van der Waals surface area (Å²) in [5.74, 6) is 0. The van der Waals surface area contributed by atoms with Crippen LogP contribution >= 0.6 is 23.4 Å². The lowest BCUT2D eigenvalue weighted by atomic mass is 9.94. The number of nitro groups is 1. The molecule has 1 aromatic rings. The lowest BCUT2D eigenvalue weighted by molar-refractivity contribution is -0.384. The topological polar surface area (TPSA) is 55.2 Å². The van der Waals surface area contributed by atoms with Crippen molar-refractivity contribution < 1.29 is 4.92 Å². The first-order valence-electron chi connectivity index (χ1n) is 6.81. The quantitative estimate of drug-likeness (QED) is 0.659. The third-order valence-corrected chi connectivity index (χ3v) is 5.33. The number of rotatable bonds is 5. The fraction of sp³-hybridized carbons (Fsp3) is 0.571. The van der Waals surface area contributed by atoms with E-state index in [0.717, 1.165) is 5.56 Å². The smallest absolute Gasteiger partial charge is 0.270 e. The molecule has 0 aromatic heterocycles. The summed E-state index contributed by atoms with van der Waals surface area (Å²) in [6.07, 6.45) is 7.18. The van der Waals surface area contributed by atoms with Gasteiger partial charge in [0.15, 0.2) is 0 Å². The third-order valence-electron chi connectivity index (χ3n) is 3.81. The van der Waals surface area contributed by atoms with Crippen LogP contribution in [0.2, 0.25) is 5.02 Å². The van der Waals surface area contributed by atoms with Crippen LogP contribution in [0.1, 0.15) is 31.2 Å². The van der Waals surface area contributed by atoms with Crippen molar-refractivity contribution in [3.8, 4) is 0 Å². The van der Waals surface area contributed by atoms with E-state index in [1.54, 1.807) is 6.07 Å². The molecule has 0 spiro atoms. The van der Waals surface area contributed by atoms with Crippen LogP contribution in [0.15, 0.2) is 18.2 Å². The van der Waals surface area contributed by atoms with E-state index in [4.69, 9.17) is 11.6 Å². The number of thioether (sulfide) groups is 1. The number of nitrogens with zero attached hydrogens (tertiary/aromatic N) is 1. The number of hydrogen-bond donors (Lipinski definition) is 1. The molecule has 1 aromatic carbocycles. The molecule has 2 unspecified atom stereocenters. The first-order chi connectivity index (χ1) is 9.61. The SMILES string of the molecule is CSC1CCCCC1NCc1ccc([N+](=O)[O-])cc1Cl. The minimum absolute atomic E-state index is 0.0402. The molecule has 0 bridgehead atoms. The zero-order valence-corrected chi connectivity index (χ0v) is 13.0. The van der Waals surface area contributed by atoms with E-state index in [2.05, 4.69) is 11.6 Å². The van der Waals surface area contributed by atoms with Crippen LogP contribution in [0.4, 0.5) is 5.69 Å². The van der Waals surface area contributed by atoms with Gasteiger partial charge < -0.3 is 5.32 Å². The van der Waals surface area contributed by atoms with Crippen molar-refractivity contribution in [3.05, 3.63) is 38.9 Å². The summed E-state index contributed by atoms with van der Waals surface area (Å²) < 4.78 is 0. The number of nitrogens with one attached hydrogen (secondary N) is 1. The van der Waals surface area contributed by atoms with Crippen molar-refractivity contribution in [3.63, 3.8) is 0 Å². The van der Waals surface area contributed by atoms with E-state index in [9.17, 15) is 10.1 Å². The second-order valence-electron chi connectivity index (χ2n) is 5.08. The Morgan fingerprint density at radius 2 is 2.20 bits per heavy atom. The molecule has 0 saturated heterocycles. The highest BCUT2D eigenvalue weighted by molar-refractivity contribution is 7.99. The van der Waals surface area contributed by atoms with E-state index in [0.29, 0.717) is 22.9 Å². The fourth-order valence-corrected chi connectivity index (χ4v) is 3.85. The zero-order chi connectivity index (χ0) is 14.5. The predicted octanol–water partition coefficient (Wildman–Crippen LogP) is 4.01. The molecule has 110 valence electrons. The van der Waals surface area contributed by atoms with Crippen molar-refractivity contribution in [1.82, 2.24) is 5.32 Å². The standard InChI is InChI=1S/C14H19ClN2O2S/c1-20-14-5-3-2-4-13(14)16-9-10-6-7-11(17(18)19)8-12(10)15/h6-8,13-14,16H,2-5,9H2,1H3. The van der Waals surface area contributed by atoms with Gasteiger partial charge in [-0.05, 0) is 30.7 Å². The van der Waals surface area contributed by atoms with Gasteiger partial charge in [0, 0.05) is 30.0 Å². The van der Waals surface area contributed by atoms with Crippen molar-refractivity contribution in [1.29, 1.82) is 0 Å². The summed E-state index contributed by atoms with van der Waals surface area (Å²) in [6, 6.07) is 5.18. The van der Waals surface area contributed by atoms with Gasteiger partial charge in [-0.25, -0.2) is 0 Å². The van der Waals surface area contributed by atoms with Gasteiger partial charge >= 0.3 is 0 Å². The van der Waals surface area contributed by atoms with Gasteiger partial charge in [-0.2, -0.15) is 11.8 Å². The monoisotopic (exact) mass is 314 g/mol. The van der Waals surface area contributed by atoms with Gasteiger partial charge in [0.05, 0.1) is 9.95 Å². The summed E-state index contributed by atoms with van der Waals surface area (Å²) in [5, 5.41) is 15.3. The molecule has 20 heavy (non-hydrogen) atoms. The molecule has 1 N–H and O–H groups in total. The average Bonchev–Trinajstić information content (AvgIpc) is 2.46. The highest BCUT2D eigenvalue weighted by atomic mass is 35.5. The second-order valence-corrected chi connectivity index (χ2v) is 6.56. The maximum Gasteiger partial charge on any atom is 0.270 e. The normalized spacial score (nSPS) is 22.7. The van der Waals surface area contributed by atoms with Gasteiger partial charge in [0.1, 0.15) is 0 Å². The minimum atomic E-state index is -0.423. The van der Waals surface area contributed by atoms with E-state index in [1.807, 2.05) is 11.8 Å². The van der Waals surface area contributed by atoms with Gasteiger partial charge in [-0.1, -0.05) is 24.4 Å². The van der Waals surface area contributed by atoms with Crippen LogP contribution in [0.5, 0.6) is 0 Å². The second kappa shape index (κ2) is 7.29. The lowest BCUT2D eigenvalue weighted by Gasteiger charge is -2.31. The van der Waals surface area contributed by atoms with Gasteiger partial charge in [0.2, 0.25) is 0 Å². The van der Waals surface area contributed by atoms with E-state index >= 15 is 0 Å². The number of non-ortho nitro benzene ring substituents is 1. The van der Waals surface area contributed by atoms with Crippen molar-refractivity contribution in [2.75, 3.05) is 6.26 Å². The van der Waals surface area contributed by atoms with E-state index in [-0.39, 0.29) is 5.69 Å². The molecule has 1 aliphatic carbocycles. The van der Waals surface area contributed by atoms with E-state index < -0.39 is 4.92 Å². The van der Waals surface area contributed by atoms with Crippen LogP contribution < -0.4 is 5.32 Å². The zero-order valence-electron chi connectivity index (χ0n) is 11.5. The summed E-state index contributed by atoms with van der Waals surface area (Å²) in [7, 11) is 0. The van der Waals surface area contributed by atoms with Crippen molar-refractivity contribution in [2.24, 2.45) is 0 Å². The molecule has 0 heterocycles. The first-order valence-corrected chi connectivity index (χ1v) is 8.47. The van der Waals surface area contributed by atoms with E-state index in [1.165, 1.54) is 37.8 Å². The molecule has 1 saturated carbocycles. The Morgan fingerprint density at radius 3 is 2.85 bits per heavy atom. The molecule has 2 atom stereocenters. The number of hydrogen-bond acceptors (Lipinski definition) is 4. The molecule has 0 amide bonds. The number of benzene rings is 1. The Bertz CT molecular complexity index is 484. The summed E-state index contributed by atoms with van der Waals surface area (Å²) in [6.45, 7) is 0.665. The summed E-state index contributed by atoms with van der Waals surface area (Å²) in [5.41, 5.74) is 0.959. The van der Waals surface area contributed by atoms with Crippen LogP contribution in [0.25, 0.3) is 0 Å². The van der Waals surface area contributed by atoms with Crippen LogP contribution in [-0.2, 0) is 6.54 Å². The molecular weight excluding hydrogens is 296 g/mol. The fourth-order valence-electron chi connectivity index (χ4n) is 2.65. The predicted molar refractivity (Wildman–Crippen MR) is 84.5 cm³/mol. The molecule has 0 aliphatic heterocycles. The minimum Gasteiger partial charge on any atom is -0.309 e. The van der Waals surface area contributed by atoms with Crippen LogP contribution in [-0.4, -0.2) is 22.5 Å². The number of halogens is 1. The van der Waals surface area contributed by atoms with Crippen molar-refractivity contribution in [2.45, 2.75) is 43.5 Å². The Morgan fingerprint density at radius 1 is 1.45 bits per heavy atom. The third kappa shape index (κ3) is 3.87. The highest BCUT2D eigenvalue weighted by Crippen LogP contribution is 2.28. The molecule has 0 radical (unpaired) electrons. The highest BCUT2D eigenvalue weighted by Gasteiger charge is 2.23. The first kappa shape index (κ1) is 15.6. The Kier molecular flexibility index (Phi) is 5.69.